The number of hydrogen-bond donors (Lipinski definition) is 2. The van der Waals surface area contributed by atoms with Crippen molar-refractivity contribution in [1.82, 2.24) is 25.1 Å². The summed E-state index contributed by atoms with van der Waals surface area (Å²) in [6.07, 6.45) is 0. The van der Waals surface area contributed by atoms with Crippen LogP contribution in [-0.4, -0.2) is 42.2 Å². The average molecular weight is 552 g/mol. The normalized spacial score (nSPS) is 11.7. The van der Waals surface area contributed by atoms with Gasteiger partial charge in [-0.3, -0.25) is 19.7 Å². The lowest BCUT2D eigenvalue weighted by Gasteiger charge is -2.15. The number of hydrogen-bond acceptors (Lipinski definition) is 9. The third kappa shape index (κ3) is 6.23. The number of nitro groups is 1. The number of anilines is 1. The Morgan fingerprint density at radius 2 is 1.95 bits per heavy atom. The van der Waals surface area contributed by atoms with Gasteiger partial charge >= 0.3 is 0 Å². The molecule has 4 rings (SSSR count). The van der Waals surface area contributed by atoms with Gasteiger partial charge in [0.2, 0.25) is 5.91 Å². The summed E-state index contributed by atoms with van der Waals surface area (Å²) in [6, 6.07) is 13.5. The predicted octanol–water partition coefficient (Wildman–Crippen LogP) is 4.86. The number of thioether (sulfide) groups is 1. The van der Waals surface area contributed by atoms with Crippen LogP contribution in [0.1, 0.15) is 41.6 Å². The van der Waals surface area contributed by atoms with Crippen LogP contribution < -0.4 is 10.6 Å². The number of nitro benzene ring substituents is 1. The van der Waals surface area contributed by atoms with Crippen LogP contribution in [0.15, 0.2) is 59.1 Å². The third-order valence-corrected chi connectivity index (χ3v) is 7.34. The van der Waals surface area contributed by atoms with Gasteiger partial charge in [-0.25, -0.2) is 4.98 Å². The highest BCUT2D eigenvalue weighted by atomic mass is 32.2. The maximum absolute atomic E-state index is 12.6. The van der Waals surface area contributed by atoms with E-state index in [9.17, 15) is 19.7 Å². The molecule has 0 spiro atoms. The first-order valence-electron chi connectivity index (χ1n) is 11.7. The van der Waals surface area contributed by atoms with Crippen molar-refractivity contribution >= 4 is 45.7 Å². The van der Waals surface area contributed by atoms with Gasteiger partial charge in [0.15, 0.2) is 16.1 Å². The third-order valence-electron chi connectivity index (χ3n) is 5.62. The molecule has 0 aliphatic heterocycles. The van der Waals surface area contributed by atoms with Crippen LogP contribution in [0, 0.1) is 17.0 Å². The highest BCUT2D eigenvalue weighted by Gasteiger charge is 2.20. The number of rotatable bonds is 10. The molecule has 1 atom stereocenters. The molecule has 1 unspecified atom stereocenters. The Balaban J connectivity index is 1.36. The minimum absolute atomic E-state index is 0.0193. The minimum atomic E-state index is -0.427. The number of aryl methyl sites for hydroxylation is 1. The number of thiazole rings is 1. The minimum Gasteiger partial charge on any atom is -0.342 e. The molecule has 2 aromatic carbocycles. The summed E-state index contributed by atoms with van der Waals surface area (Å²) in [5.41, 5.74) is 2.29. The number of nitrogens with one attached hydrogen (secondary N) is 2. The number of nitrogens with zero attached hydrogens (tertiary/aromatic N) is 5. The molecule has 0 fully saturated rings. The van der Waals surface area contributed by atoms with Gasteiger partial charge in [0.1, 0.15) is 0 Å². The van der Waals surface area contributed by atoms with E-state index in [4.69, 9.17) is 0 Å². The fraction of sp³-hybridized carbons (Fsp3) is 0.240. The van der Waals surface area contributed by atoms with Gasteiger partial charge in [-0.15, -0.1) is 21.5 Å². The molecular formula is C25H25N7O4S2. The van der Waals surface area contributed by atoms with E-state index in [-0.39, 0.29) is 29.3 Å². The van der Waals surface area contributed by atoms with E-state index in [1.165, 1.54) is 29.2 Å². The summed E-state index contributed by atoms with van der Waals surface area (Å²) >= 11 is 2.47. The van der Waals surface area contributed by atoms with Crippen LogP contribution in [0.2, 0.25) is 0 Å². The monoisotopic (exact) mass is 551 g/mol. The standard InChI is InChI=1S/C25H25N7O4S2/c1-4-31-22(16(3)26-23(34)17-8-6-5-7-9-17)29-30-25(31)38-14-21(33)28-24-27-19(13-37-24)18-11-10-15(2)20(12-18)32(35)36/h5-13,16H,4,14H2,1-3H3,(H,26,34)(H,27,28,33). The summed E-state index contributed by atoms with van der Waals surface area (Å²) < 4.78 is 1.86. The Hall–Kier alpha value is -4.10. The first-order valence-corrected chi connectivity index (χ1v) is 13.6. The zero-order valence-corrected chi connectivity index (χ0v) is 22.5. The van der Waals surface area contributed by atoms with Crippen molar-refractivity contribution in [2.24, 2.45) is 0 Å². The van der Waals surface area contributed by atoms with Crippen molar-refractivity contribution in [3.05, 3.63) is 81.0 Å². The molecule has 2 aromatic heterocycles. The van der Waals surface area contributed by atoms with Crippen molar-refractivity contribution in [2.75, 3.05) is 11.1 Å². The van der Waals surface area contributed by atoms with Crippen molar-refractivity contribution in [1.29, 1.82) is 0 Å². The zero-order chi connectivity index (χ0) is 27.2. The number of carbonyl (C=O) groups excluding carboxylic acids is 2. The van der Waals surface area contributed by atoms with Crippen LogP contribution in [0.25, 0.3) is 11.3 Å². The second-order valence-electron chi connectivity index (χ2n) is 8.28. The second kappa shape index (κ2) is 12.0. The Morgan fingerprint density at radius 1 is 1.18 bits per heavy atom. The van der Waals surface area contributed by atoms with Gasteiger partial charge in [0.05, 0.1) is 22.4 Å². The van der Waals surface area contributed by atoms with E-state index in [1.807, 2.05) is 24.5 Å². The number of amides is 2. The predicted molar refractivity (Wildman–Crippen MR) is 146 cm³/mol. The lowest BCUT2D eigenvalue weighted by Crippen LogP contribution is -2.28. The first-order chi connectivity index (χ1) is 18.3. The van der Waals surface area contributed by atoms with E-state index in [1.54, 1.807) is 48.7 Å². The maximum atomic E-state index is 12.6. The smallest absolute Gasteiger partial charge is 0.272 e. The second-order valence-corrected chi connectivity index (χ2v) is 10.1. The fourth-order valence-corrected chi connectivity index (χ4v) is 5.22. The first kappa shape index (κ1) is 26.9. The van der Waals surface area contributed by atoms with Crippen LogP contribution in [-0.2, 0) is 11.3 Å². The fourth-order valence-electron chi connectivity index (χ4n) is 3.67. The number of benzene rings is 2. The largest absolute Gasteiger partial charge is 0.342 e. The Morgan fingerprint density at radius 3 is 2.66 bits per heavy atom. The molecular weight excluding hydrogens is 526 g/mol. The maximum Gasteiger partial charge on any atom is 0.272 e. The van der Waals surface area contributed by atoms with Crippen LogP contribution in [0.4, 0.5) is 10.8 Å². The van der Waals surface area contributed by atoms with Gasteiger partial charge in [0.25, 0.3) is 11.6 Å². The quantitative estimate of drug-likeness (QED) is 0.161. The number of aromatic nitrogens is 4. The van der Waals surface area contributed by atoms with Crippen molar-refractivity contribution in [3.8, 4) is 11.3 Å². The summed E-state index contributed by atoms with van der Waals surface area (Å²) in [5, 5.41) is 28.1. The van der Waals surface area contributed by atoms with Crippen LogP contribution >= 0.6 is 23.1 Å². The molecule has 11 nitrogen and oxygen atoms in total. The molecule has 0 aliphatic rings. The molecule has 0 aliphatic carbocycles. The Kier molecular flexibility index (Phi) is 8.48. The molecule has 4 aromatic rings. The van der Waals surface area contributed by atoms with Gasteiger partial charge in [-0.1, -0.05) is 42.1 Å². The molecule has 2 heterocycles. The highest BCUT2D eigenvalue weighted by molar-refractivity contribution is 7.99. The summed E-state index contributed by atoms with van der Waals surface area (Å²) in [4.78, 5) is 40.3. The number of carbonyl (C=O) groups is 2. The lowest BCUT2D eigenvalue weighted by atomic mass is 10.1. The van der Waals surface area contributed by atoms with Gasteiger partial charge in [0, 0.05) is 34.7 Å². The van der Waals surface area contributed by atoms with E-state index in [0.29, 0.717) is 45.0 Å². The summed E-state index contributed by atoms with van der Waals surface area (Å²) in [5.74, 6) is 0.189. The Labute approximate surface area is 226 Å². The molecule has 2 amide bonds. The molecule has 0 saturated carbocycles. The molecule has 0 saturated heterocycles. The summed E-state index contributed by atoms with van der Waals surface area (Å²) in [6.45, 7) is 6.02. The van der Waals surface area contributed by atoms with E-state index in [0.717, 1.165) is 0 Å². The lowest BCUT2D eigenvalue weighted by molar-refractivity contribution is -0.385. The molecule has 2 N–H and O–H groups in total. The van der Waals surface area contributed by atoms with Gasteiger partial charge in [-0.05, 0) is 32.9 Å². The van der Waals surface area contributed by atoms with Crippen LogP contribution in [0.5, 0.6) is 0 Å². The Bertz CT molecular complexity index is 1470. The van der Waals surface area contributed by atoms with Gasteiger partial charge in [-0.2, -0.15) is 0 Å². The SMILES string of the molecule is CCn1c(SCC(=O)Nc2nc(-c3ccc(C)c([N+](=O)[O-])c3)cs2)nnc1C(C)NC(=O)c1ccccc1. The van der Waals surface area contributed by atoms with E-state index >= 15 is 0 Å². The zero-order valence-electron chi connectivity index (χ0n) is 20.9. The van der Waals surface area contributed by atoms with Crippen molar-refractivity contribution in [2.45, 2.75) is 38.5 Å². The van der Waals surface area contributed by atoms with Gasteiger partial charge < -0.3 is 15.2 Å². The molecule has 196 valence electrons. The molecule has 0 radical (unpaired) electrons. The average Bonchev–Trinajstić information content (AvgIpc) is 3.55. The highest BCUT2D eigenvalue weighted by Crippen LogP contribution is 2.29. The van der Waals surface area contributed by atoms with E-state index in [2.05, 4.69) is 25.8 Å². The van der Waals surface area contributed by atoms with Crippen molar-refractivity contribution < 1.29 is 14.5 Å². The summed E-state index contributed by atoms with van der Waals surface area (Å²) in [7, 11) is 0. The molecule has 38 heavy (non-hydrogen) atoms. The van der Waals surface area contributed by atoms with E-state index < -0.39 is 4.92 Å². The topological polar surface area (TPSA) is 145 Å². The van der Waals surface area contributed by atoms with Crippen LogP contribution in [0.3, 0.4) is 0 Å². The molecule has 0 bridgehead atoms. The molecule has 13 heteroatoms. The van der Waals surface area contributed by atoms with Crippen molar-refractivity contribution in [3.63, 3.8) is 0 Å².